The number of ketones is 1. The van der Waals surface area contributed by atoms with Gasteiger partial charge in [-0.25, -0.2) is 15.0 Å². The number of aliphatic hydroxyl groups is 1. The van der Waals surface area contributed by atoms with Crippen molar-refractivity contribution in [2.24, 2.45) is 11.8 Å². The first-order valence-corrected chi connectivity index (χ1v) is 12.9. The van der Waals surface area contributed by atoms with E-state index in [4.69, 9.17) is 27.5 Å². The lowest BCUT2D eigenvalue weighted by atomic mass is 9.96. The zero-order chi connectivity index (χ0) is 28.6. The van der Waals surface area contributed by atoms with Gasteiger partial charge in [0.05, 0.1) is 31.2 Å². The summed E-state index contributed by atoms with van der Waals surface area (Å²) in [5.41, 5.74) is 1.13. The summed E-state index contributed by atoms with van der Waals surface area (Å²) in [5.74, 6) is -0.752. The number of carbonyl (C=O) groups excluding carboxylic acids is 2. The molecule has 0 spiro atoms. The van der Waals surface area contributed by atoms with E-state index >= 15 is 0 Å². The quantitative estimate of drug-likeness (QED) is 0.450. The third-order valence-corrected chi connectivity index (χ3v) is 6.60. The van der Waals surface area contributed by atoms with E-state index in [1.807, 2.05) is 13.0 Å². The van der Waals surface area contributed by atoms with Gasteiger partial charge in [-0.05, 0) is 25.0 Å². The highest BCUT2D eigenvalue weighted by atomic mass is 16.5. The molecule has 0 saturated carbocycles. The molecule has 5 atom stereocenters. The number of hydrogen-bond acceptors (Lipinski definition) is 12. The second-order valence-corrected chi connectivity index (χ2v) is 9.60. The Hall–Kier alpha value is -3.87. The average Bonchev–Trinajstić information content (AvgIpc) is 3.70. The molecule has 0 saturated heterocycles. The van der Waals surface area contributed by atoms with Crippen LogP contribution in [0.15, 0.2) is 50.3 Å². The van der Waals surface area contributed by atoms with Crippen LogP contribution in [0.4, 0.5) is 0 Å². The number of hydrogen-bond donors (Lipinski definition) is 1. The van der Waals surface area contributed by atoms with Gasteiger partial charge in [-0.3, -0.25) is 9.59 Å². The van der Waals surface area contributed by atoms with E-state index in [-0.39, 0.29) is 49.0 Å². The van der Waals surface area contributed by atoms with Gasteiger partial charge >= 0.3 is 5.97 Å². The van der Waals surface area contributed by atoms with E-state index in [2.05, 4.69) is 15.0 Å². The van der Waals surface area contributed by atoms with Gasteiger partial charge in [0.25, 0.3) is 0 Å². The number of rotatable bonds is 2. The van der Waals surface area contributed by atoms with Gasteiger partial charge in [-0.15, -0.1) is 0 Å². The second kappa shape index (κ2) is 13.5. The summed E-state index contributed by atoms with van der Waals surface area (Å²) >= 11 is 0. The number of ether oxygens (including phenoxy) is 3. The van der Waals surface area contributed by atoms with Crippen LogP contribution in [0.3, 0.4) is 0 Å². The summed E-state index contributed by atoms with van der Waals surface area (Å²) in [5, 5.41) is 10.3. The molecular formula is C28H33N3O9. The highest BCUT2D eigenvalue weighted by Gasteiger charge is 2.28. The average molecular weight is 556 g/mol. The Morgan fingerprint density at radius 2 is 1.57 bits per heavy atom. The number of aromatic nitrogens is 3. The fraction of sp³-hybridized carbons (Fsp3) is 0.464. The Bertz CT molecular complexity index is 1340. The molecule has 1 unspecified atom stereocenters. The van der Waals surface area contributed by atoms with Gasteiger partial charge in [0.2, 0.25) is 17.7 Å². The monoisotopic (exact) mass is 555 g/mol. The lowest BCUT2D eigenvalue weighted by Crippen LogP contribution is -2.26. The largest absolute Gasteiger partial charge is 0.465 e. The number of esters is 1. The number of allylic oxidation sites excluding steroid dienone is 1. The number of nitrogens with zero attached hydrogens (tertiary/aromatic N) is 3. The summed E-state index contributed by atoms with van der Waals surface area (Å²) in [4.78, 5) is 38.3. The van der Waals surface area contributed by atoms with Crippen LogP contribution in [0.5, 0.6) is 0 Å². The van der Waals surface area contributed by atoms with Crippen LogP contribution < -0.4 is 0 Å². The molecule has 3 aromatic rings. The molecule has 0 aromatic carbocycles. The van der Waals surface area contributed by atoms with Crippen molar-refractivity contribution in [2.75, 3.05) is 20.8 Å². The van der Waals surface area contributed by atoms with Crippen molar-refractivity contribution in [3.63, 3.8) is 0 Å². The van der Waals surface area contributed by atoms with Crippen molar-refractivity contribution < 1.29 is 42.2 Å². The molecule has 0 fully saturated rings. The van der Waals surface area contributed by atoms with Crippen molar-refractivity contribution in [3.8, 4) is 23.2 Å². The molecule has 4 rings (SSSR count). The molecule has 12 heteroatoms. The maximum atomic E-state index is 12.8. The molecule has 4 heterocycles. The summed E-state index contributed by atoms with van der Waals surface area (Å²) in [6.07, 6.45) is 9.17. The Labute approximate surface area is 231 Å². The number of cyclic esters (lactones) is 1. The molecule has 1 aliphatic heterocycles. The molecule has 3 aromatic heterocycles. The van der Waals surface area contributed by atoms with Gasteiger partial charge in [0, 0.05) is 20.1 Å². The zero-order valence-corrected chi connectivity index (χ0v) is 22.8. The summed E-state index contributed by atoms with van der Waals surface area (Å²) in [6.45, 7) is 3.73. The van der Waals surface area contributed by atoms with Crippen LogP contribution >= 0.6 is 0 Å². The standard InChI is InChI=1S/C28H33N3O9/c1-16-12-38-25(34)11-18(32)7-5-8-22(33)17(2)26(36-4)19-13-39-28(30-19)21-15-40-27(31-21)20-14-37-24(29-20)10-6-9-23(16)35-3/h5-6,8,10,13-18,23,26,32H,7,9,11-12H2,1-4H3/b8-5+,10-6+/t16-,17+,18+,23+,26?/m1/s1. The Balaban J connectivity index is 1.58. The van der Waals surface area contributed by atoms with E-state index < -0.39 is 24.1 Å². The molecular weight excluding hydrogens is 522 g/mol. The number of oxazole rings is 3. The first-order valence-electron chi connectivity index (χ1n) is 12.9. The van der Waals surface area contributed by atoms with Crippen molar-refractivity contribution >= 4 is 17.8 Å². The highest BCUT2D eigenvalue weighted by Crippen LogP contribution is 2.30. The first kappa shape index (κ1) is 29.1. The molecule has 6 bridgehead atoms. The highest BCUT2D eigenvalue weighted by molar-refractivity contribution is 5.92. The van der Waals surface area contributed by atoms with Crippen LogP contribution in [0, 0.1) is 11.8 Å². The Morgan fingerprint density at radius 1 is 0.875 bits per heavy atom. The van der Waals surface area contributed by atoms with Crippen LogP contribution in [-0.2, 0) is 23.8 Å². The topological polar surface area (TPSA) is 160 Å². The van der Waals surface area contributed by atoms with Crippen molar-refractivity contribution in [1.82, 2.24) is 15.0 Å². The lowest BCUT2D eigenvalue weighted by Gasteiger charge is -2.21. The number of carbonyl (C=O) groups is 2. The third kappa shape index (κ3) is 7.20. The van der Waals surface area contributed by atoms with Gasteiger partial charge in [0.1, 0.15) is 30.6 Å². The van der Waals surface area contributed by atoms with Gasteiger partial charge in [-0.1, -0.05) is 26.0 Å². The summed E-state index contributed by atoms with van der Waals surface area (Å²) in [6, 6.07) is 0. The fourth-order valence-electron chi connectivity index (χ4n) is 4.24. The number of fused-ring (bicyclic) bond motifs is 8. The molecule has 12 nitrogen and oxygen atoms in total. The molecule has 0 aliphatic carbocycles. The maximum absolute atomic E-state index is 12.8. The maximum Gasteiger partial charge on any atom is 0.308 e. The summed E-state index contributed by atoms with van der Waals surface area (Å²) < 4.78 is 33.1. The lowest BCUT2D eigenvalue weighted by molar-refractivity contribution is -0.148. The SMILES string of the molecule is COC1c2coc(n2)-c2coc(n2)-c2coc(n2)/C=C/C[C@H](OC)[C@H](C)COC(=O)C[C@@H](O)C/C=C/C(=O)[C@@H]1C. The zero-order valence-electron chi connectivity index (χ0n) is 22.8. The normalized spacial score (nSPS) is 26.9. The predicted octanol–water partition coefficient (Wildman–Crippen LogP) is 4.19. The minimum Gasteiger partial charge on any atom is -0.465 e. The van der Waals surface area contributed by atoms with E-state index in [9.17, 15) is 14.7 Å². The predicted molar refractivity (Wildman–Crippen MR) is 140 cm³/mol. The van der Waals surface area contributed by atoms with Crippen molar-refractivity contribution in [1.29, 1.82) is 0 Å². The third-order valence-electron chi connectivity index (χ3n) is 6.60. The molecule has 0 amide bonds. The molecule has 1 N–H and O–H groups in total. The van der Waals surface area contributed by atoms with Crippen LogP contribution in [0.2, 0.25) is 0 Å². The molecule has 214 valence electrons. The first-order chi connectivity index (χ1) is 19.3. The van der Waals surface area contributed by atoms with Crippen LogP contribution in [0.25, 0.3) is 29.2 Å². The van der Waals surface area contributed by atoms with Gasteiger partial charge < -0.3 is 32.6 Å². The number of methoxy groups -OCH3 is 2. The molecule has 1 aliphatic rings. The van der Waals surface area contributed by atoms with Gasteiger partial charge in [0.15, 0.2) is 17.2 Å². The van der Waals surface area contributed by atoms with Crippen molar-refractivity contribution in [2.45, 2.75) is 51.4 Å². The van der Waals surface area contributed by atoms with Crippen LogP contribution in [0.1, 0.15) is 50.8 Å². The molecule has 40 heavy (non-hydrogen) atoms. The Kier molecular flexibility index (Phi) is 9.80. The van der Waals surface area contributed by atoms with E-state index in [1.54, 1.807) is 20.1 Å². The fourth-order valence-corrected chi connectivity index (χ4v) is 4.24. The molecule has 0 radical (unpaired) electrons. The van der Waals surface area contributed by atoms with Crippen LogP contribution in [-0.4, -0.2) is 64.8 Å². The second-order valence-electron chi connectivity index (χ2n) is 9.60. The minimum absolute atomic E-state index is 0.108. The van der Waals surface area contributed by atoms with E-state index in [0.717, 1.165) is 0 Å². The summed E-state index contributed by atoms with van der Waals surface area (Å²) in [7, 11) is 3.06. The smallest absolute Gasteiger partial charge is 0.308 e. The number of aliphatic hydroxyl groups excluding tert-OH is 1. The Morgan fingerprint density at radius 3 is 2.35 bits per heavy atom. The van der Waals surface area contributed by atoms with E-state index in [1.165, 1.54) is 38.1 Å². The van der Waals surface area contributed by atoms with E-state index in [0.29, 0.717) is 29.4 Å². The minimum atomic E-state index is -0.993. The van der Waals surface area contributed by atoms with Crippen molar-refractivity contribution in [3.05, 3.63) is 48.6 Å². The van der Waals surface area contributed by atoms with Gasteiger partial charge in [-0.2, -0.15) is 0 Å².